The Hall–Kier alpha value is -2.07. The number of carbonyl (C=O) groups excluding carboxylic acids is 1. The van der Waals surface area contributed by atoms with Crippen molar-refractivity contribution >= 4 is 38.5 Å². The van der Waals surface area contributed by atoms with Crippen LogP contribution in [0.4, 0.5) is 5.69 Å². The van der Waals surface area contributed by atoms with Crippen LogP contribution < -0.4 is 5.32 Å². The maximum atomic E-state index is 12.5. The summed E-state index contributed by atoms with van der Waals surface area (Å²) in [6.45, 7) is 2.03. The van der Waals surface area contributed by atoms with E-state index >= 15 is 0 Å². The van der Waals surface area contributed by atoms with Gasteiger partial charge in [0.25, 0.3) is 5.91 Å². The molecule has 4 heteroatoms. The molecule has 2 aromatic carbocycles. The number of alkyl halides is 1. The summed E-state index contributed by atoms with van der Waals surface area (Å²) in [5.41, 5.74) is 3.10. The Labute approximate surface area is 131 Å². The first-order chi connectivity index (χ1) is 10.2. The van der Waals surface area contributed by atoms with E-state index in [9.17, 15) is 4.79 Å². The molecular formula is C17H14BrNO2. The van der Waals surface area contributed by atoms with Crippen molar-refractivity contribution in [1.82, 2.24) is 0 Å². The monoisotopic (exact) mass is 343 g/mol. The van der Waals surface area contributed by atoms with Crippen molar-refractivity contribution in [2.24, 2.45) is 0 Å². The van der Waals surface area contributed by atoms with E-state index in [1.54, 1.807) is 0 Å². The van der Waals surface area contributed by atoms with Gasteiger partial charge in [-0.1, -0.05) is 52.3 Å². The number of amides is 1. The molecule has 0 spiro atoms. The van der Waals surface area contributed by atoms with Gasteiger partial charge < -0.3 is 9.73 Å². The summed E-state index contributed by atoms with van der Waals surface area (Å²) < 4.78 is 5.42. The van der Waals surface area contributed by atoms with Crippen LogP contribution in [0.2, 0.25) is 0 Å². The summed E-state index contributed by atoms with van der Waals surface area (Å²) in [7, 11) is 0. The van der Waals surface area contributed by atoms with E-state index in [0.29, 0.717) is 11.1 Å². The van der Waals surface area contributed by atoms with Crippen LogP contribution in [0, 0.1) is 0 Å². The predicted molar refractivity (Wildman–Crippen MR) is 88.0 cm³/mol. The zero-order chi connectivity index (χ0) is 14.8. The van der Waals surface area contributed by atoms with Gasteiger partial charge in [-0.15, -0.1) is 0 Å². The lowest BCUT2D eigenvalue weighted by Gasteiger charge is -2.12. The fourth-order valence-corrected chi connectivity index (χ4v) is 2.70. The maximum absolute atomic E-state index is 12.5. The predicted octanol–water partition coefficient (Wildman–Crippen LogP) is 5.14. The lowest BCUT2D eigenvalue weighted by Crippen LogP contribution is -2.12. The van der Waals surface area contributed by atoms with Crippen LogP contribution in [0.15, 0.2) is 59.2 Å². The number of furan rings is 1. The molecule has 1 N–H and O–H groups in total. The molecule has 1 heterocycles. The van der Waals surface area contributed by atoms with Gasteiger partial charge >= 0.3 is 0 Å². The third-order valence-corrected chi connectivity index (χ3v) is 3.86. The fourth-order valence-electron chi connectivity index (χ4n) is 2.30. The fraction of sp³-hybridized carbons (Fsp3) is 0.118. The summed E-state index contributed by atoms with van der Waals surface area (Å²) in [6, 6.07) is 15.2. The molecule has 0 aliphatic heterocycles. The van der Waals surface area contributed by atoms with E-state index in [1.165, 1.54) is 6.26 Å². The van der Waals surface area contributed by atoms with Crippen LogP contribution >= 0.6 is 15.9 Å². The average Bonchev–Trinajstić information content (AvgIpc) is 2.91. The lowest BCUT2D eigenvalue weighted by atomic mass is 10.1. The van der Waals surface area contributed by atoms with E-state index < -0.39 is 0 Å². The molecule has 1 amide bonds. The molecule has 3 nitrogen and oxygen atoms in total. The Kier molecular flexibility index (Phi) is 3.80. The molecule has 0 radical (unpaired) electrons. The molecule has 0 bridgehead atoms. The smallest absolute Gasteiger partial charge is 0.259 e. The first kappa shape index (κ1) is 13.9. The Morgan fingerprint density at radius 1 is 1.14 bits per heavy atom. The summed E-state index contributed by atoms with van der Waals surface area (Å²) in [6.07, 6.45) is 1.50. The molecule has 1 atom stereocenters. The van der Waals surface area contributed by atoms with Crippen molar-refractivity contribution in [2.75, 3.05) is 5.32 Å². The van der Waals surface area contributed by atoms with Gasteiger partial charge in [0, 0.05) is 15.9 Å². The lowest BCUT2D eigenvalue weighted by molar-refractivity contribution is 0.102. The zero-order valence-electron chi connectivity index (χ0n) is 11.5. The quantitative estimate of drug-likeness (QED) is 0.669. The number of rotatable bonds is 3. The maximum Gasteiger partial charge on any atom is 0.259 e. The molecule has 3 rings (SSSR count). The highest BCUT2D eigenvalue weighted by Crippen LogP contribution is 2.29. The summed E-state index contributed by atoms with van der Waals surface area (Å²) in [4.78, 5) is 12.6. The zero-order valence-corrected chi connectivity index (χ0v) is 13.1. The highest BCUT2D eigenvalue weighted by Gasteiger charge is 2.15. The minimum Gasteiger partial charge on any atom is -0.463 e. The van der Waals surface area contributed by atoms with E-state index in [4.69, 9.17) is 4.42 Å². The Balaban J connectivity index is 1.94. The van der Waals surface area contributed by atoms with Gasteiger partial charge in [0.1, 0.15) is 11.8 Å². The molecule has 106 valence electrons. The molecule has 3 aromatic rings. The van der Waals surface area contributed by atoms with Crippen molar-refractivity contribution in [2.45, 2.75) is 11.8 Å². The van der Waals surface area contributed by atoms with Crippen LogP contribution in [0.5, 0.6) is 0 Å². The largest absolute Gasteiger partial charge is 0.463 e. The van der Waals surface area contributed by atoms with Crippen molar-refractivity contribution < 1.29 is 9.21 Å². The van der Waals surface area contributed by atoms with E-state index in [2.05, 4.69) is 21.2 Å². The molecule has 0 aliphatic carbocycles. The summed E-state index contributed by atoms with van der Waals surface area (Å²) in [5.74, 6) is -0.166. The standard InChI is InChI=1S/C17H14BrNO2/c1-11(18)12-6-2-4-8-15(12)19-17(20)14-10-21-16-9-5-3-7-13(14)16/h2-11H,1H3,(H,19,20). The van der Waals surface area contributed by atoms with Gasteiger partial charge in [-0.2, -0.15) is 0 Å². The highest BCUT2D eigenvalue weighted by atomic mass is 79.9. The van der Waals surface area contributed by atoms with Gasteiger partial charge in [-0.25, -0.2) is 0 Å². The summed E-state index contributed by atoms with van der Waals surface area (Å²) in [5, 5.41) is 3.78. The SMILES string of the molecule is CC(Br)c1ccccc1NC(=O)c1coc2ccccc12. The van der Waals surface area contributed by atoms with E-state index in [0.717, 1.165) is 16.6 Å². The Bertz CT molecular complexity index is 792. The van der Waals surface area contributed by atoms with Gasteiger partial charge in [-0.05, 0) is 24.6 Å². The minimum absolute atomic E-state index is 0.162. The molecule has 1 unspecified atom stereocenters. The number of para-hydroxylation sites is 2. The molecule has 0 aliphatic rings. The first-order valence-electron chi connectivity index (χ1n) is 6.67. The highest BCUT2D eigenvalue weighted by molar-refractivity contribution is 9.09. The van der Waals surface area contributed by atoms with Gasteiger partial charge in [0.05, 0.1) is 5.56 Å². The first-order valence-corrected chi connectivity index (χ1v) is 7.59. The number of hydrogen-bond donors (Lipinski definition) is 1. The van der Waals surface area contributed by atoms with Gasteiger partial charge in [-0.3, -0.25) is 4.79 Å². The van der Waals surface area contributed by atoms with E-state index in [1.807, 2.05) is 55.5 Å². The van der Waals surface area contributed by atoms with E-state index in [-0.39, 0.29) is 10.7 Å². The van der Waals surface area contributed by atoms with Crippen LogP contribution in [0.3, 0.4) is 0 Å². The number of nitrogens with one attached hydrogen (secondary N) is 1. The normalized spacial score (nSPS) is 12.3. The Morgan fingerprint density at radius 2 is 1.86 bits per heavy atom. The van der Waals surface area contributed by atoms with Crippen molar-refractivity contribution in [1.29, 1.82) is 0 Å². The second-order valence-electron chi connectivity index (χ2n) is 4.80. The number of benzene rings is 2. The molecule has 0 saturated carbocycles. The number of hydrogen-bond acceptors (Lipinski definition) is 2. The number of anilines is 1. The van der Waals surface area contributed by atoms with Crippen LogP contribution in [0.25, 0.3) is 11.0 Å². The van der Waals surface area contributed by atoms with Crippen LogP contribution in [0.1, 0.15) is 27.7 Å². The van der Waals surface area contributed by atoms with Crippen LogP contribution in [-0.2, 0) is 0 Å². The molecule has 21 heavy (non-hydrogen) atoms. The number of fused-ring (bicyclic) bond motifs is 1. The van der Waals surface area contributed by atoms with Crippen molar-refractivity contribution in [3.05, 3.63) is 65.9 Å². The number of carbonyl (C=O) groups is 1. The van der Waals surface area contributed by atoms with Crippen molar-refractivity contribution in [3.8, 4) is 0 Å². The average molecular weight is 344 g/mol. The van der Waals surface area contributed by atoms with Gasteiger partial charge in [0.15, 0.2) is 0 Å². The third-order valence-electron chi connectivity index (χ3n) is 3.36. The third kappa shape index (κ3) is 2.72. The number of halogens is 1. The van der Waals surface area contributed by atoms with Gasteiger partial charge in [0.2, 0.25) is 0 Å². The van der Waals surface area contributed by atoms with Crippen LogP contribution in [-0.4, -0.2) is 5.91 Å². The topological polar surface area (TPSA) is 42.2 Å². The molecular weight excluding hydrogens is 330 g/mol. The Morgan fingerprint density at radius 3 is 2.67 bits per heavy atom. The minimum atomic E-state index is -0.166. The molecule has 1 aromatic heterocycles. The second-order valence-corrected chi connectivity index (χ2v) is 6.18. The van der Waals surface area contributed by atoms with Crippen molar-refractivity contribution in [3.63, 3.8) is 0 Å². The second kappa shape index (κ2) is 5.74. The molecule has 0 fully saturated rings. The molecule has 0 saturated heterocycles. The summed E-state index contributed by atoms with van der Waals surface area (Å²) >= 11 is 3.54.